The van der Waals surface area contributed by atoms with Gasteiger partial charge in [0.05, 0.1) is 0 Å². The summed E-state index contributed by atoms with van der Waals surface area (Å²) >= 11 is 0. The molecule has 0 heterocycles. The number of rotatable bonds is 15. The van der Waals surface area contributed by atoms with E-state index in [4.69, 9.17) is 9.68 Å². The summed E-state index contributed by atoms with van der Waals surface area (Å²) in [5.41, 5.74) is 0. The van der Waals surface area contributed by atoms with E-state index in [2.05, 4.69) is 18.7 Å². The van der Waals surface area contributed by atoms with Crippen LogP contribution in [0.3, 0.4) is 0 Å². The Morgan fingerprint density at radius 3 is 1.26 bits per heavy atom. The van der Waals surface area contributed by atoms with Crippen LogP contribution in [0.25, 0.3) is 0 Å². The Kier molecular flexibility index (Phi) is 12.2. The second kappa shape index (κ2) is 15.6. The molecule has 4 rings (SSSR count). The van der Waals surface area contributed by atoms with Crippen LogP contribution in [0, 0.1) is 5.92 Å². The fourth-order valence-corrected chi connectivity index (χ4v) is 7.42. The van der Waals surface area contributed by atoms with Crippen LogP contribution in [0.1, 0.15) is 136 Å². The molecule has 218 valence electrons. The Hall–Kier alpha value is -1.18. The van der Waals surface area contributed by atoms with E-state index in [0.29, 0.717) is 30.6 Å². The van der Waals surface area contributed by atoms with Crippen molar-refractivity contribution in [2.45, 2.75) is 160 Å². The van der Waals surface area contributed by atoms with Crippen LogP contribution in [0.4, 0.5) is 0 Å². The summed E-state index contributed by atoms with van der Waals surface area (Å²) in [4.78, 5) is 42.4. The van der Waals surface area contributed by atoms with E-state index >= 15 is 0 Å². The zero-order chi connectivity index (χ0) is 26.7. The molecule has 0 unspecified atom stereocenters. The standard InChI is InChI=1S/C31H55N3O4/c1-3-32(4-2)24-14-13-23-29(30(35)37-33(25-15-5-6-16-25)26-17-7-8-18-26)31(36)38-34(27-19-9-10-20-27)28-21-11-12-22-28/h25-29H,3-24H2,1-2H3. The van der Waals surface area contributed by atoms with Gasteiger partial charge in [0.1, 0.15) is 0 Å². The quantitative estimate of drug-likeness (QED) is 0.137. The topological polar surface area (TPSA) is 62.3 Å². The van der Waals surface area contributed by atoms with Crippen LogP contribution < -0.4 is 0 Å². The Morgan fingerprint density at radius 1 is 0.605 bits per heavy atom. The van der Waals surface area contributed by atoms with Crippen LogP contribution >= 0.6 is 0 Å². The summed E-state index contributed by atoms with van der Waals surface area (Å²) in [6.07, 6.45) is 20.5. The van der Waals surface area contributed by atoms with Crippen molar-refractivity contribution in [3.8, 4) is 0 Å². The second-order valence-corrected chi connectivity index (χ2v) is 12.4. The number of hydroxylamine groups is 4. The smallest absolute Gasteiger partial charge is 0.339 e. The molecule has 4 saturated carbocycles. The maximum atomic E-state index is 13.8. The molecular formula is C31H55N3O4. The number of carbonyl (C=O) groups excluding carboxylic acids is 2. The molecule has 7 nitrogen and oxygen atoms in total. The lowest BCUT2D eigenvalue weighted by atomic mass is 10.0. The third-order valence-electron chi connectivity index (χ3n) is 9.81. The van der Waals surface area contributed by atoms with Gasteiger partial charge in [-0.1, -0.05) is 71.6 Å². The molecule has 0 aromatic rings. The minimum Gasteiger partial charge on any atom is -0.366 e. The molecule has 0 amide bonds. The van der Waals surface area contributed by atoms with Crippen molar-refractivity contribution in [2.24, 2.45) is 5.92 Å². The maximum absolute atomic E-state index is 13.8. The summed E-state index contributed by atoms with van der Waals surface area (Å²) in [5, 5.41) is 4.06. The van der Waals surface area contributed by atoms with E-state index in [1.54, 1.807) is 0 Å². The first-order chi connectivity index (χ1) is 18.6. The lowest BCUT2D eigenvalue weighted by Gasteiger charge is -2.35. The van der Waals surface area contributed by atoms with Crippen molar-refractivity contribution >= 4 is 11.9 Å². The van der Waals surface area contributed by atoms with Gasteiger partial charge in [-0.25, -0.2) is 9.59 Å². The highest BCUT2D eigenvalue weighted by Gasteiger charge is 2.40. The van der Waals surface area contributed by atoms with E-state index in [1.807, 2.05) is 10.1 Å². The van der Waals surface area contributed by atoms with Crippen molar-refractivity contribution in [1.29, 1.82) is 0 Å². The predicted octanol–water partition coefficient (Wildman–Crippen LogP) is 6.41. The molecular weight excluding hydrogens is 478 g/mol. The van der Waals surface area contributed by atoms with Gasteiger partial charge in [0.2, 0.25) is 0 Å². The molecule has 0 spiro atoms. The van der Waals surface area contributed by atoms with Crippen molar-refractivity contribution in [3.63, 3.8) is 0 Å². The van der Waals surface area contributed by atoms with Crippen molar-refractivity contribution < 1.29 is 19.3 Å². The van der Waals surface area contributed by atoms with Gasteiger partial charge in [-0.2, -0.15) is 0 Å². The molecule has 0 saturated heterocycles. The lowest BCUT2D eigenvalue weighted by Crippen LogP contribution is -2.47. The molecule has 0 aliphatic heterocycles. The zero-order valence-electron chi connectivity index (χ0n) is 24.4. The van der Waals surface area contributed by atoms with Crippen molar-refractivity contribution in [1.82, 2.24) is 15.0 Å². The summed E-state index contributed by atoms with van der Waals surface area (Å²) in [5.74, 6) is -1.61. The van der Waals surface area contributed by atoms with Crippen LogP contribution in [0.5, 0.6) is 0 Å². The van der Waals surface area contributed by atoms with E-state index in [-0.39, 0.29) is 11.9 Å². The number of hydrogen-bond donors (Lipinski definition) is 0. The van der Waals surface area contributed by atoms with Crippen LogP contribution in [0.15, 0.2) is 0 Å². The third kappa shape index (κ3) is 8.17. The summed E-state index contributed by atoms with van der Waals surface area (Å²) in [6, 6.07) is 1.20. The Bertz CT molecular complexity index is 624. The molecule has 38 heavy (non-hydrogen) atoms. The van der Waals surface area contributed by atoms with Crippen molar-refractivity contribution in [3.05, 3.63) is 0 Å². The minimum atomic E-state index is -0.845. The molecule has 4 aliphatic carbocycles. The zero-order valence-corrected chi connectivity index (χ0v) is 24.4. The number of unbranched alkanes of at least 4 members (excludes halogenated alkanes) is 1. The molecule has 0 atom stereocenters. The van der Waals surface area contributed by atoms with Crippen molar-refractivity contribution in [2.75, 3.05) is 19.6 Å². The SMILES string of the molecule is CCN(CC)CCCCC(C(=O)ON(C1CCCC1)C1CCCC1)C(=O)ON(C1CCCC1)C1CCCC1. The summed E-state index contributed by atoms with van der Waals surface area (Å²) in [7, 11) is 0. The number of carbonyl (C=O) groups is 2. The Balaban J connectivity index is 1.44. The van der Waals surface area contributed by atoms with Gasteiger partial charge in [-0.3, -0.25) is 0 Å². The average Bonchev–Trinajstić information content (AvgIpc) is 3.76. The fourth-order valence-electron chi connectivity index (χ4n) is 7.42. The molecule has 0 N–H and O–H groups in total. The Labute approximate surface area is 231 Å². The summed E-state index contributed by atoms with van der Waals surface area (Å²) in [6.45, 7) is 7.42. The van der Waals surface area contributed by atoms with Crippen LogP contribution in [0.2, 0.25) is 0 Å². The molecule has 0 aromatic heterocycles. The molecule has 4 aliphatic rings. The third-order valence-corrected chi connectivity index (χ3v) is 9.81. The van der Waals surface area contributed by atoms with Crippen LogP contribution in [-0.2, 0) is 19.3 Å². The molecule has 4 fully saturated rings. The first-order valence-corrected chi connectivity index (χ1v) is 16.3. The Morgan fingerprint density at radius 2 is 0.947 bits per heavy atom. The molecule has 0 radical (unpaired) electrons. The number of hydrogen-bond acceptors (Lipinski definition) is 7. The van der Waals surface area contributed by atoms with E-state index in [9.17, 15) is 9.59 Å². The normalized spacial score (nSPS) is 22.2. The monoisotopic (exact) mass is 533 g/mol. The van der Waals surface area contributed by atoms with Gasteiger partial charge in [0.25, 0.3) is 0 Å². The van der Waals surface area contributed by atoms with Gasteiger partial charge in [0.15, 0.2) is 5.92 Å². The van der Waals surface area contributed by atoms with Crippen LogP contribution in [-0.4, -0.2) is 70.8 Å². The first kappa shape index (κ1) is 29.8. The van der Waals surface area contributed by atoms with Gasteiger partial charge in [-0.05, 0) is 83.8 Å². The largest absolute Gasteiger partial charge is 0.366 e. The van der Waals surface area contributed by atoms with Gasteiger partial charge in [0, 0.05) is 24.2 Å². The highest BCUT2D eigenvalue weighted by molar-refractivity contribution is 5.94. The second-order valence-electron chi connectivity index (χ2n) is 12.4. The minimum absolute atomic E-state index is 0.301. The first-order valence-electron chi connectivity index (χ1n) is 16.3. The maximum Gasteiger partial charge on any atom is 0.339 e. The average molecular weight is 534 g/mol. The van der Waals surface area contributed by atoms with E-state index in [0.717, 1.165) is 83.8 Å². The van der Waals surface area contributed by atoms with Gasteiger partial charge < -0.3 is 14.6 Å². The highest BCUT2D eigenvalue weighted by Crippen LogP contribution is 2.34. The molecule has 0 aromatic carbocycles. The fraction of sp³-hybridized carbons (Fsp3) is 0.935. The molecule has 0 bridgehead atoms. The highest BCUT2D eigenvalue weighted by atomic mass is 16.7. The van der Waals surface area contributed by atoms with E-state index < -0.39 is 5.92 Å². The van der Waals surface area contributed by atoms with Gasteiger partial charge >= 0.3 is 11.9 Å². The number of nitrogens with zero attached hydrogens (tertiary/aromatic N) is 3. The van der Waals surface area contributed by atoms with Gasteiger partial charge in [-0.15, -0.1) is 10.1 Å². The molecule has 7 heteroatoms. The van der Waals surface area contributed by atoms with E-state index in [1.165, 1.54) is 51.4 Å². The lowest BCUT2D eigenvalue weighted by molar-refractivity contribution is -0.234. The predicted molar refractivity (Wildman–Crippen MR) is 150 cm³/mol. The summed E-state index contributed by atoms with van der Waals surface area (Å²) < 4.78 is 0.